The summed E-state index contributed by atoms with van der Waals surface area (Å²) in [5, 5.41) is 3.51. The van der Waals surface area contributed by atoms with Gasteiger partial charge in [-0.05, 0) is 43.4 Å². The molecule has 1 atom stereocenters. The number of nitrogens with one attached hydrogen (secondary N) is 1. The standard InChI is InChI=1S/C17H25NO3/c1-2-17(20-9-1)13-19-10-11-21-16-7-3-14(4-8-16)12-18-15-5-6-15/h3-4,7-8,15,17-18H,1-2,5-6,9-13H2. The van der Waals surface area contributed by atoms with Crippen LogP contribution in [0, 0.1) is 0 Å². The van der Waals surface area contributed by atoms with E-state index in [1.165, 1.54) is 18.4 Å². The molecule has 1 saturated carbocycles. The number of benzene rings is 1. The number of ether oxygens (including phenoxy) is 3. The molecule has 1 unspecified atom stereocenters. The van der Waals surface area contributed by atoms with Crippen molar-refractivity contribution < 1.29 is 14.2 Å². The summed E-state index contributed by atoms with van der Waals surface area (Å²) in [5.74, 6) is 0.908. The molecule has 1 aromatic rings. The molecule has 1 saturated heterocycles. The van der Waals surface area contributed by atoms with Crippen LogP contribution in [0.4, 0.5) is 0 Å². The first-order chi connectivity index (χ1) is 10.4. The van der Waals surface area contributed by atoms with Crippen molar-refractivity contribution in [3.8, 4) is 5.75 Å². The normalized spacial score (nSPS) is 21.6. The average molecular weight is 291 g/mol. The van der Waals surface area contributed by atoms with Crippen LogP contribution < -0.4 is 10.1 Å². The lowest BCUT2D eigenvalue weighted by Gasteiger charge is -2.11. The number of hydrogen-bond donors (Lipinski definition) is 1. The molecule has 4 heteroatoms. The van der Waals surface area contributed by atoms with Crippen LogP contribution in [0.3, 0.4) is 0 Å². The van der Waals surface area contributed by atoms with E-state index < -0.39 is 0 Å². The van der Waals surface area contributed by atoms with Gasteiger partial charge in [-0.3, -0.25) is 0 Å². The van der Waals surface area contributed by atoms with Gasteiger partial charge in [-0.15, -0.1) is 0 Å². The fraction of sp³-hybridized carbons (Fsp3) is 0.647. The lowest BCUT2D eigenvalue weighted by atomic mass is 10.2. The van der Waals surface area contributed by atoms with E-state index in [-0.39, 0.29) is 0 Å². The largest absolute Gasteiger partial charge is 0.491 e. The molecule has 0 bridgehead atoms. The van der Waals surface area contributed by atoms with E-state index >= 15 is 0 Å². The summed E-state index contributed by atoms with van der Waals surface area (Å²) in [7, 11) is 0. The third kappa shape index (κ3) is 5.30. The Balaban J connectivity index is 1.27. The first kappa shape index (κ1) is 14.8. The Hall–Kier alpha value is -1.10. The van der Waals surface area contributed by atoms with Gasteiger partial charge < -0.3 is 19.5 Å². The molecular weight excluding hydrogens is 266 g/mol. The van der Waals surface area contributed by atoms with Gasteiger partial charge in [0.2, 0.25) is 0 Å². The van der Waals surface area contributed by atoms with E-state index in [1.807, 2.05) is 12.1 Å². The highest BCUT2D eigenvalue weighted by molar-refractivity contribution is 5.27. The highest BCUT2D eigenvalue weighted by Crippen LogP contribution is 2.20. The van der Waals surface area contributed by atoms with Gasteiger partial charge in [0, 0.05) is 19.2 Å². The highest BCUT2D eigenvalue weighted by Gasteiger charge is 2.19. The molecule has 1 heterocycles. The van der Waals surface area contributed by atoms with E-state index in [1.54, 1.807) is 0 Å². The summed E-state index contributed by atoms with van der Waals surface area (Å²) >= 11 is 0. The average Bonchev–Trinajstić information content (AvgIpc) is 3.20. The summed E-state index contributed by atoms with van der Waals surface area (Å²) in [5.41, 5.74) is 1.31. The zero-order valence-electron chi connectivity index (χ0n) is 12.6. The van der Waals surface area contributed by atoms with Crippen molar-refractivity contribution in [3.63, 3.8) is 0 Å². The molecule has 0 radical (unpaired) electrons. The Morgan fingerprint density at radius 1 is 1.10 bits per heavy atom. The van der Waals surface area contributed by atoms with Crippen molar-refractivity contribution in [2.24, 2.45) is 0 Å². The minimum absolute atomic E-state index is 0.295. The maximum atomic E-state index is 5.68. The third-order valence-corrected chi connectivity index (χ3v) is 3.92. The van der Waals surface area contributed by atoms with Gasteiger partial charge in [-0.1, -0.05) is 12.1 Å². The summed E-state index contributed by atoms with van der Waals surface area (Å²) in [4.78, 5) is 0. The van der Waals surface area contributed by atoms with E-state index in [9.17, 15) is 0 Å². The van der Waals surface area contributed by atoms with Crippen LogP contribution in [-0.4, -0.2) is 38.6 Å². The van der Waals surface area contributed by atoms with E-state index in [0.717, 1.165) is 37.8 Å². The zero-order valence-corrected chi connectivity index (χ0v) is 12.6. The van der Waals surface area contributed by atoms with Crippen molar-refractivity contribution >= 4 is 0 Å². The number of hydrogen-bond acceptors (Lipinski definition) is 4. The van der Waals surface area contributed by atoms with Crippen LogP contribution in [0.2, 0.25) is 0 Å². The van der Waals surface area contributed by atoms with Gasteiger partial charge in [0.05, 0.1) is 19.3 Å². The molecule has 1 N–H and O–H groups in total. The minimum atomic E-state index is 0.295. The van der Waals surface area contributed by atoms with Gasteiger partial charge in [-0.25, -0.2) is 0 Å². The maximum absolute atomic E-state index is 5.68. The first-order valence-corrected chi connectivity index (χ1v) is 8.04. The summed E-state index contributed by atoms with van der Waals surface area (Å²) in [6.45, 7) is 3.73. The van der Waals surface area contributed by atoms with Crippen LogP contribution in [0.5, 0.6) is 5.75 Å². The maximum Gasteiger partial charge on any atom is 0.119 e. The van der Waals surface area contributed by atoms with Crippen molar-refractivity contribution in [3.05, 3.63) is 29.8 Å². The Labute approximate surface area is 126 Å². The van der Waals surface area contributed by atoms with Crippen LogP contribution in [0.1, 0.15) is 31.2 Å². The fourth-order valence-corrected chi connectivity index (χ4v) is 2.46. The molecule has 116 valence electrons. The van der Waals surface area contributed by atoms with Gasteiger partial charge >= 0.3 is 0 Å². The summed E-state index contributed by atoms with van der Waals surface area (Å²) < 4.78 is 16.8. The monoisotopic (exact) mass is 291 g/mol. The Kier molecular flexibility index (Phi) is 5.49. The summed E-state index contributed by atoms with van der Waals surface area (Å²) in [6, 6.07) is 9.06. The van der Waals surface area contributed by atoms with Gasteiger partial charge in [-0.2, -0.15) is 0 Å². The van der Waals surface area contributed by atoms with Crippen molar-refractivity contribution in [2.45, 2.75) is 44.4 Å². The SMILES string of the molecule is c1cc(OCCOCC2CCCO2)ccc1CNC1CC1. The molecule has 21 heavy (non-hydrogen) atoms. The van der Waals surface area contributed by atoms with E-state index in [4.69, 9.17) is 14.2 Å². The third-order valence-electron chi connectivity index (χ3n) is 3.92. The Morgan fingerprint density at radius 2 is 1.95 bits per heavy atom. The second-order valence-corrected chi connectivity index (χ2v) is 5.86. The van der Waals surface area contributed by atoms with Crippen molar-refractivity contribution in [1.82, 2.24) is 5.32 Å². The lowest BCUT2D eigenvalue weighted by molar-refractivity contribution is 0.00853. The fourth-order valence-electron chi connectivity index (χ4n) is 2.46. The van der Waals surface area contributed by atoms with E-state index in [0.29, 0.717) is 25.9 Å². The molecule has 0 spiro atoms. The molecule has 1 aliphatic heterocycles. The van der Waals surface area contributed by atoms with E-state index in [2.05, 4.69) is 17.4 Å². The van der Waals surface area contributed by atoms with Gasteiger partial charge in [0.15, 0.2) is 0 Å². The van der Waals surface area contributed by atoms with Crippen molar-refractivity contribution in [1.29, 1.82) is 0 Å². The quantitative estimate of drug-likeness (QED) is 0.710. The first-order valence-electron chi connectivity index (χ1n) is 8.04. The predicted octanol–water partition coefficient (Wildman–Crippen LogP) is 2.51. The number of rotatable bonds is 9. The van der Waals surface area contributed by atoms with Crippen LogP contribution in [-0.2, 0) is 16.0 Å². The Bertz CT molecular complexity index is 411. The van der Waals surface area contributed by atoms with Crippen LogP contribution >= 0.6 is 0 Å². The minimum Gasteiger partial charge on any atom is -0.491 e. The molecule has 2 fully saturated rings. The zero-order chi connectivity index (χ0) is 14.3. The van der Waals surface area contributed by atoms with Crippen LogP contribution in [0.25, 0.3) is 0 Å². The molecule has 0 amide bonds. The van der Waals surface area contributed by atoms with Gasteiger partial charge in [0.1, 0.15) is 12.4 Å². The smallest absolute Gasteiger partial charge is 0.119 e. The highest BCUT2D eigenvalue weighted by atomic mass is 16.5. The molecule has 3 rings (SSSR count). The topological polar surface area (TPSA) is 39.7 Å². The molecule has 1 aromatic carbocycles. The molecule has 2 aliphatic rings. The predicted molar refractivity (Wildman–Crippen MR) is 81.6 cm³/mol. The molecule has 0 aromatic heterocycles. The van der Waals surface area contributed by atoms with Crippen molar-refractivity contribution in [2.75, 3.05) is 26.4 Å². The molecular formula is C17H25NO3. The second kappa shape index (κ2) is 7.78. The Morgan fingerprint density at radius 3 is 2.67 bits per heavy atom. The van der Waals surface area contributed by atoms with Crippen LogP contribution in [0.15, 0.2) is 24.3 Å². The van der Waals surface area contributed by atoms with Gasteiger partial charge in [0.25, 0.3) is 0 Å². The lowest BCUT2D eigenvalue weighted by Crippen LogP contribution is -2.17. The molecule has 4 nitrogen and oxygen atoms in total. The second-order valence-electron chi connectivity index (χ2n) is 5.86. The summed E-state index contributed by atoms with van der Waals surface area (Å²) in [6.07, 6.45) is 5.23. The molecule has 1 aliphatic carbocycles.